The van der Waals surface area contributed by atoms with Crippen LogP contribution in [0.3, 0.4) is 0 Å². The molecule has 0 bridgehead atoms. The van der Waals surface area contributed by atoms with Gasteiger partial charge in [0.25, 0.3) is 0 Å². The van der Waals surface area contributed by atoms with Crippen molar-refractivity contribution >= 4 is 34.7 Å². The first-order chi connectivity index (χ1) is 12.7. The summed E-state index contributed by atoms with van der Waals surface area (Å²) < 4.78 is 5.01. The lowest BCUT2D eigenvalue weighted by Gasteiger charge is -2.15. The number of thioether (sulfide) groups is 1. The third-order valence-electron chi connectivity index (χ3n) is 3.64. The van der Waals surface area contributed by atoms with Crippen molar-refractivity contribution in [1.82, 2.24) is 25.1 Å². The van der Waals surface area contributed by atoms with Crippen LogP contribution in [0.1, 0.15) is 16.6 Å². The fourth-order valence-electron chi connectivity index (χ4n) is 2.46. The normalized spacial score (nSPS) is 12.2. The Morgan fingerprint density at radius 2 is 2.08 bits per heavy atom. The molecule has 1 amide bonds. The van der Waals surface area contributed by atoms with Gasteiger partial charge in [-0.2, -0.15) is 0 Å². The lowest BCUT2D eigenvalue weighted by molar-refractivity contribution is -0.115. The van der Waals surface area contributed by atoms with Gasteiger partial charge < -0.3 is 14.8 Å². The first-order valence-electron chi connectivity index (χ1n) is 7.80. The number of aryl methyl sites for hydroxylation is 1. The molecule has 0 spiro atoms. The smallest absolute Gasteiger partial charge is 0.243 e. The summed E-state index contributed by atoms with van der Waals surface area (Å²) in [6.07, 6.45) is 2.99. The minimum absolute atomic E-state index is 0.222. The van der Waals surface area contributed by atoms with Crippen LogP contribution in [0.5, 0.6) is 0 Å². The summed E-state index contributed by atoms with van der Waals surface area (Å²) >= 11 is 1.32. The molecule has 0 unspecified atom stereocenters. The number of hydrogen-bond donors (Lipinski definition) is 2. The van der Waals surface area contributed by atoms with Gasteiger partial charge in [-0.05, 0) is 12.5 Å². The Bertz CT molecular complexity index is 1050. The average Bonchev–Trinajstić information content (AvgIpc) is 3.29. The van der Waals surface area contributed by atoms with E-state index in [1.165, 1.54) is 18.1 Å². The Balaban J connectivity index is 1.67. The number of carbonyl (C=O) groups is 1. The highest BCUT2D eigenvalue weighted by Gasteiger charge is 2.25. The lowest BCUT2D eigenvalue weighted by Crippen LogP contribution is -2.19. The number of anilines is 1. The molecule has 0 saturated heterocycles. The Kier molecular flexibility index (Phi) is 4.36. The number of imidazole rings is 1. The van der Waals surface area contributed by atoms with E-state index in [9.17, 15) is 4.79 Å². The van der Waals surface area contributed by atoms with Crippen LogP contribution in [-0.4, -0.2) is 31.0 Å². The molecule has 0 fully saturated rings. The van der Waals surface area contributed by atoms with Crippen molar-refractivity contribution in [2.75, 3.05) is 5.32 Å². The third-order valence-corrected chi connectivity index (χ3v) is 4.89. The Morgan fingerprint density at radius 3 is 2.85 bits per heavy atom. The quantitative estimate of drug-likeness (QED) is 0.412. The van der Waals surface area contributed by atoms with E-state index in [1.54, 1.807) is 19.3 Å². The number of benzene rings is 1. The maximum atomic E-state index is 12.9. The van der Waals surface area contributed by atoms with Crippen molar-refractivity contribution in [2.45, 2.75) is 17.2 Å². The summed E-state index contributed by atoms with van der Waals surface area (Å²) in [5.41, 5.74) is 2.10. The molecule has 0 aliphatic rings. The van der Waals surface area contributed by atoms with Crippen molar-refractivity contribution in [1.29, 1.82) is 0 Å². The predicted molar refractivity (Wildman–Crippen MR) is 96.6 cm³/mol. The first kappa shape index (κ1) is 16.3. The van der Waals surface area contributed by atoms with Gasteiger partial charge >= 0.3 is 0 Å². The summed E-state index contributed by atoms with van der Waals surface area (Å²) in [5, 5.41) is 6.73. The largest absolute Gasteiger partial charge is 0.360 e. The molecule has 0 aliphatic carbocycles. The summed E-state index contributed by atoms with van der Waals surface area (Å²) in [6, 6.07) is 11.2. The van der Waals surface area contributed by atoms with Crippen LogP contribution in [0, 0.1) is 6.92 Å². The Labute approximate surface area is 152 Å². The third kappa shape index (κ3) is 3.29. The van der Waals surface area contributed by atoms with E-state index in [2.05, 4.69) is 30.4 Å². The molecule has 1 aromatic carbocycles. The van der Waals surface area contributed by atoms with Crippen molar-refractivity contribution in [3.05, 3.63) is 60.4 Å². The molecule has 0 radical (unpaired) electrons. The molecule has 4 aromatic rings. The van der Waals surface area contributed by atoms with Gasteiger partial charge in [0.05, 0.1) is 6.33 Å². The fraction of sp³-hybridized carbons (Fsp3) is 0.118. The maximum absolute atomic E-state index is 12.9. The van der Waals surface area contributed by atoms with Crippen LogP contribution in [0.15, 0.2) is 58.6 Å². The standard InChI is InChI=1S/C17H14N6O2S/c1-10-7-12(23-25-10)22-16(24)14(11-5-3-2-4-6-11)26-17-13-15(19-8-18-13)20-9-21-17/h2-9,14H,1H3,(H,22,23,24)(H,18,19,20,21)/t14-/m0/s1. The van der Waals surface area contributed by atoms with Crippen LogP contribution in [-0.2, 0) is 4.79 Å². The number of fused-ring (bicyclic) bond motifs is 1. The Hall–Kier alpha value is -3.20. The molecule has 9 heteroatoms. The van der Waals surface area contributed by atoms with Crippen molar-refractivity contribution < 1.29 is 9.32 Å². The second kappa shape index (κ2) is 6.96. The number of aromatic amines is 1. The number of amides is 1. The van der Waals surface area contributed by atoms with Crippen LogP contribution in [0.25, 0.3) is 11.2 Å². The molecule has 8 nitrogen and oxygen atoms in total. The molecule has 0 saturated carbocycles. The highest BCUT2D eigenvalue weighted by Crippen LogP contribution is 2.37. The van der Waals surface area contributed by atoms with Crippen LogP contribution in [0.4, 0.5) is 5.82 Å². The number of H-pyrrole nitrogens is 1. The fourth-order valence-corrected chi connectivity index (χ4v) is 3.52. The number of nitrogens with one attached hydrogen (secondary N) is 2. The van der Waals surface area contributed by atoms with Gasteiger partial charge in [-0.1, -0.05) is 47.3 Å². The minimum Gasteiger partial charge on any atom is -0.360 e. The highest BCUT2D eigenvalue weighted by atomic mass is 32.2. The monoisotopic (exact) mass is 366 g/mol. The second-order valence-electron chi connectivity index (χ2n) is 5.50. The van der Waals surface area contributed by atoms with Crippen LogP contribution < -0.4 is 5.32 Å². The van der Waals surface area contributed by atoms with Gasteiger partial charge in [0, 0.05) is 6.07 Å². The van der Waals surface area contributed by atoms with Crippen molar-refractivity contribution in [3.63, 3.8) is 0 Å². The second-order valence-corrected chi connectivity index (χ2v) is 6.59. The minimum atomic E-state index is -0.533. The van der Waals surface area contributed by atoms with Crippen LogP contribution in [0.2, 0.25) is 0 Å². The van der Waals surface area contributed by atoms with E-state index in [4.69, 9.17) is 4.52 Å². The molecule has 3 heterocycles. The van der Waals surface area contributed by atoms with Gasteiger partial charge in [0.1, 0.15) is 27.9 Å². The van der Waals surface area contributed by atoms with Crippen molar-refractivity contribution in [3.8, 4) is 0 Å². The van der Waals surface area contributed by atoms with E-state index >= 15 is 0 Å². The van der Waals surface area contributed by atoms with E-state index in [1.807, 2.05) is 30.3 Å². The molecular weight excluding hydrogens is 352 g/mol. The molecular formula is C17H14N6O2S. The molecule has 1 atom stereocenters. The number of nitrogens with zero attached hydrogens (tertiary/aromatic N) is 4. The molecule has 130 valence electrons. The summed E-state index contributed by atoms with van der Waals surface area (Å²) in [4.78, 5) is 28.5. The van der Waals surface area contributed by atoms with Gasteiger partial charge in [-0.3, -0.25) is 4.79 Å². The highest BCUT2D eigenvalue weighted by molar-refractivity contribution is 8.00. The zero-order chi connectivity index (χ0) is 17.9. The first-order valence-corrected chi connectivity index (χ1v) is 8.68. The average molecular weight is 366 g/mol. The topological polar surface area (TPSA) is 110 Å². The van der Waals surface area contributed by atoms with E-state index in [-0.39, 0.29) is 5.91 Å². The number of carbonyl (C=O) groups excluding carboxylic acids is 1. The molecule has 3 aromatic heterocycles. The van der Waals surface area contributed by atoms with Gasteiger partial charge in [-0.25, -0.2) is 15.0 Å². The van der Waals surface area contributed by atoms with E-state index < -0.39 is 5.25 Å². The van der Waals surface area contributed by atoms with E-state index in [0.29, 0.717) is 27.8 Å². The molecule has 0 aliphatic heterocycles. The van der Waals surface area contributed by atoms with E-state index in [0.717, 1.165) is 5.56 Å². The maximum Gasteiger partial charge on any atom is 0.243 e. The summed E-state index contributed by atoms with van der Waals surface area (Å²) in [6.45, 7) is 1.77. The van der Waals surface area contributed by atoms with Crippen LogP contribution >= 0.6 is 11.8 Å². The molecule has 2 N–H and O–H groups in total. The zero-order valence-corrected chi connectivity index (χ0v) is 14.5. The molecule has 26 heavy (non-hydrogen) atoms. The summed E-state index contributed by atoms with van der Waals surface area (Å²) in [7, 11) is 0. The lowest BCUT2D eigenvalue weighted by atomic mass is 10.1. The van der Waals surface area contributed by atoms with Gasteiger partial charge in [0.2, 0.25) is 5.91 Å². The van der Waals surface area contributed by atoms with Crippen molar-refractivity contribution in [2.24, 2.45) is 0 Å². The molecule has 4 rings (SSSR count). The van der Waals surface area contributed by atoms with Gasteiger partial charge in [-0.15, -0.1) is 0 Å². The predicted octanol–water partition coefficient (Wildman–Crippen LogP) is 3.12. The Morgan fingerprint density at radius 1 is 1.23 bits per heavy atom. The summed E-state index contributed by atoms with van der Waals surface area (Å²) in [5.74, 6) is 0.781. The zero-order valence-electron chi connectivity index (χ0n) is 13.7. The number of hydrogen-bond acceptors (Lipinski definition) is 7. The number of aromatic nitrogens is 5. The number of rotatable bonds is 5. The van der Waals surface area contributed by atoms with Gasteiger partial charge in [0.15, 0.2) is 11.5 Å². The SMILES string of the molecule is Cc1cc(NC(=O)[C@@H](Sc2ncnc3nc[nH]c23)c2ccccc2)no1.